The van der Waals surface area contributed by atoms with Gasteiger partial charge in [-0.3, -0.25) is 5.32 Å². The van der Waals surface area contributed by atoms with Gasteiger partial charge in [0.15, 0.2) is 0 Å². The van der Waals surface area contributed by atoms with Gasteiger partial charge in [0.05, 0.1) is 6.61 Å². The van der Waals surface area contributed by atoms with E-state index < -0.39 is 17.3 Å². The summed E-state index contributed by atoms with van der Waals surface area (Å²) < 4.78 is 24.0. The number of ether oxygens (including phenoxy) is 2. The number of carbonyl (C=O) groups is 1. The molecule has 1 fully saturated rings. The molecule has 19 heavy (non-hydrogen) atoms. The van der Waals surface area contributed by atoms with Crippen LogP contribution in [0.1, 0.15) is 33.3 Å². The molecule has 1 aromatic rings. The number of nitrogens with one attached hydrogen (secondary N) is 1. The molecular formula is C14H18FNO3. The van der Waals surface area contributed by atoms with E-state index in [1.165, 1.54) is 12.1 Å². The SMILES string of the molecule is CC(C)(C)OC(=O)Nc1ccc(F)c(C2(C)CO2)c1. The molecule has 4 nitrogen and oxygen atoms in total. The van der Waals surface area contributed by atoms with E-state index in [0.29, 0.717) is 17.9 Å². The summed E-state index contributed by atoms with van der Waals surface area (Å²) in [6.45, 7) is 7.63. The first-order valence-corrected chi connectivity index (χ1v) is 6.14. The van der Waals surface area contributed by atoms with Gasteiger partial charge >= 0.3 is 6.09 Å². The number of anilines is 1. The Labute approximate surface area is 111 Å². The van der Waals surface area contributed by atoms with Gasteiger partial charge in [0.2, 0.25) is 0 Å². The van der Waals surface area contributed by atoms with Crippen LogP contribution >= 0.6 is 0 Å². The Morgan fingerprint density at radius 1 is 1.47 bits per heavy atom. The van der Waals surface area contributed by atoms with E-state index in [9.17, 15) is 9.18 Å². The molecule has 5 heteroatoms. The lowest BCUT2D eigenvalue weighted by Gasteiger charge is -2.20. The second kappa shape index (κ2) is 4.49. The number of epoxide rings is 1. The topological polar surface area (TPSA) is 50.9 Å². The number of benzene rings is 1. The number of hydrogen-bond donors (Lipinski definition) is 1. The quantitative estimate of drug-likeness (QED) is 0.835. The largest absolute Gasteiger partial charge is 0.444 e. The predicted octanol–water partition coefficient (Wildman–Crippen LogP) is 3.42. The Balaban J connectivity index is 2.12. The lowest BCUT2D eigenvalue weighted by Crippen LogP contribution is -2.27. The first kappa shape index (κ1) is 13.8. The van der Waals surface area contributed by atoms with Gasteiger partial charge in [-0.05, 0) is 45.9 Å². The lowest BCUT2D eigenvalue weighted by atomic mass is 10.0. The third-order valence-corrected chi connectivity index (χ3v) is 2.76. The highest BCUT2D eigenvalue weighted by Crippen LogP contribution is 2.40. The van der Waals surface area contributed by atoms with Crippen molar-refractivity contribution in [3.8, 4) is 0 Å². The average Bonchev–Trinajstić information content (AvgIpc) is 2.97. The molecule has 1 N–H and O–H groups in total. The van der Waals surface area contributed by atoms with E-state index in [-0.39, 0.29) is 5.82 Å². The monoisotopic (exact) mass is 267 g/mol. The van der Waals surface area contributed by atoms with Crippen molar-refractivity contribution >= 4 is 11.8 Å². The van der Waals surface area contributed by atoms with Gasteiger partial charge in [-0.25, -0.2) is 9.18 Å². The van der Waals surface area contributed by atoms with Crippen molar-refractivity contribution in [1.29, 1.82) is 0 Å². The molecule has 0 saturated carbocycles. The summed E-state index contributed by atoms with van der Waals surface area (Å²) >= 11 is 0. The van der Waals surface area contributed by atoms with E-state index in [4.69, 9.17) is 9.47 Å². The molecule has 104 valence electrons. The molecule has 1 aliphatic heterocycles. The predicted molar refractivity (Wildman–Crippen MR) is 69.6 cm³/mol. The summed E-state index contributed by atoms with van der Waals surface area (Å²) in [5.74, 6) is -0.338. The summed E-state index contributed by atoms with van der Waals surface area (Å²) in [5, 5.41) is 2.58. The number of hydrogen-bond acceptors (Lipinski definition) is 3. The number of halogens is 1. The Morgan fingerprint density at radius 3 is 2.63 bits per heavy atom. The maximum Gasteiger partial charge on any atom is 0.412 e. The normalized spacial score (nSPS) is 21.9. The first-order chi connectivity index (χ1) is 8.70. The fourth-order valence-corrected chi connectivity index (χ4v) is 1.69. The first-order valence-electron chi connectivity index (χ1n) is 6.14. The smallest absolute Gasteiger partial charge is 0.412 e. The molecule has 0 radical (unpaired) electrons. The molecule has 1 aliphatic rings. The summed E-state index contributed by atoms with van der Waals surface area (Å²) in [7, 11) is 0. The van der Waals surface area contributed by atoms with Crippen molar-refractivity contribution in [2.75, 3.05) is 11.9 Å². The van der Waals surface area contributed by atoms with Gasteiger partial charge < -0.3 is 9.47 Å². The highest BCUT2D eigenvalue weighted by atomic mass is 19.1. The number of amides is 1. The maximum atomic E-state index is 13.7. The third kappa shape index (κ3) is 3.44. The van der Waals surface area contributed by atoms with Crippen LogP contribution in [0.2, 0.25) is 0 Å². The minimum atomic E-state index is -0.574. The Hall–Kier alpha value is -1.62. The van der Waals surface area contributed by atoms with Crippen LogP contribution in [0, 0.1) is 5.82 Å². The van der Waals surface area contributed by atoms with Crippen molar-refractivity contribution in [3.05, 3.63) is 29.6 Å². The van der Waals surface area contributed by atoms with Crippen LogP contribution < -0.4 is 5.32 Å². The highest BCUT2D eigenvalue weighted by Gasteiger charge is 2.43. The van der Waals surface area contributed by atoms with Crippen molar-refractivity contribution in [1.82, 2.24) is 0 Å². The fraction of sp³-hybridized carbons (Fsp3) is 0.500. The van der Waals surface area contributed by atoms with Crippen LogP contribution in [0.4, 0.5) is 14.9 Å². The van der Waals surface area contributed by atoms with Gasteiger partial charge in [-0.2, -0.15) is 0 Å². The zero-order valence-corrected chi connectivity index (χ0v) is 11.5. The van der Waals surface area contributed by atoms with Gasteiger partial charge in [0.25, 0.3) is 0 Å². The Bertz CT molecular complexity index is 504. The molecule has 0 spiro atoms. The highest BCUT2D eigenvalue weighted by molar-refractivity contribution is 5.85. The fourth-order valence-electron chi connectivity index (χ4n) is 1.69. The van der Waals surface area contributed by atoms with E-state index >= 15 is 0 Å². The van der Waals surface area contributed by atoms with E-state index in [0.717, 1.165) is 0 Å². The van der Waals surface area contributed by atoms with Gasteiger partial charge in [0, 0.05) is 11.3 Å². The van der Waals surface area contributed by atoms with E-state index in [1.54, 1.807) is 26.8 Å². The molecule has 1 unspecified atom stereocenters. The van der Waals surface area contributed by atoms with Crippen LogP contribution in [-0.2, 0) is 15.1 Å². The second-order valence-corrected chi connectivity index (χ2v) is 5.84. The summed E-state index contributed by atoms with van der Waals surface area (Å²) in [4.78, 5) is 11.6. The maximum absolute atomic E-state index is 13.7. The average molecular weight is 267 g/mol. The van der Waals surface area contributed by atoms with Crippen molar-refractivity contribution in [3.63, 3.8) is 0 Å². The molecule has 2 rings (SSSR count). The van der Waals surface area contributed by atoms with Crippen LogP contribution in [0.15, 0.2) is 18.2 Å². The molecule has 0 aromatic heterocycles. The molecule has 1 heterocycles. The van der Waals surface area contributed by atoms with Crippen molar-refractivity contribution in [2.24, 2.45) is 0 Å². The minimum absolute atomic E-state index is 0.338. The zero-order chi connectivity index (χ0) is 14.3. The summed E-state index contributed by atoms with van der Waals surface area (Å²) in [5.41, 5.74) is -0.211. The standard InChI is InChI=1S/C14H18FNO3/c1-13(2,3)19-12(17)16-9-5-6-11(15)10(7-9)14(4)8-18-14/h5-7H,8H2,1-4H3,(H,16,17). The number of carbonyl (C=O) groups excluding carboxylic acids is 1. The molecule has 1 atom stereocenters. The van der Waals surface area contributed by atoms with Crippen LogP contribution in [0.3, 0.4) is 0 Å². The number of rotatable bonds is 2. The van der Waals surface area contributed by atoms with Gasteiger partial charge in [0.1, 0.15) is 17.0 Å². The van der Waals surface area contributed by atoms with Crippen LogP contribution in [0.5, 0.6) is 0 Å². The van der Waals surface area contributed by atoms with Gasteiger partial charge in [-0.15, -0.1) is 0 Å². The van der Waals surface area contributed by atoms with Crippen molar-refractivity contribution in [2.45, 2.75) is 38.9 Å². The van der Waals surface area contributed by atoms with E-state index in [1.807, 2.05) is 6.92 Å². The molecule has 1 amide bonds. The minimum Gasteiger partial charge on any atom is -0.444 e. The van der Waals surface area contributed by atoms with Gasteiger partial charge in [-0.1, -0.05) is 0 Å². The molecule has 0 aliphatic carbocycles. The lowest BCUT2D eigenvalue weighted by molar-refractivity contribution is 0.0636. The Kier molecular flexibility index (Phi) is 3.26. The Morgan fingerprint density at radius 2 is 2.11 bits per heavy atom. The third-order valence-electron chi connectivity index (χ3n) is 2.76. The summed E-state index contributed by atoms with van der Waals surface area (Å²) in [6.07, 6.45) is -0.563. The molecule has 1 aromatic carbocycles. The molecule has 0 bridgehead atoms. The van der Waals surface area contributed by atoms with E-state index in [2.05, 4.69) is 5.32 Å². The van der Waals surface area contributed by atoms with Crippen LogP contribution in [0.25, 0.3) is 0 Å². The zero-order valence-electron chi connectivity index (χ0n) is 11.5. The molecule has 1 saturated heterocycles. The summed E-state index contributed by atoms with van der Waals surface area (Å²) in [6, 6.07) is 4.38. The molecular weight excluding hydrogens is 249 g/mol. The van der Waals surface area contributed by atoms with Crippen LogP contribution in [-0.4, -0.2) is 18.3 Å². The second-order valence-electron chi connectivity index (χ2n) is 5.84. The van der Waals surface area contributed by atoms with Crippen molar-refractivity contribution < 1.29 is 18.7 Å².